The third-order valence-electron chi connectivity index (χ3n) is 1.01. The first-order valence-corrected chi connectivity index (χ1v) is 2.90. The predicted octanol–water partition coefficient (Wildman–Crippen LogP) is 1.51. The van der Waals surface area contributed by atoms with Crippen LogP contribution in [-0.2, 0) is 0 Å². The summed E-state index contributed by atoms with van der Waals surface area (Å²) in [5.41, 5.74) is 0. The fourth-order valence-electron chi connectivity index (χ4n) is 0.293. The molecule has 1 aliphatic heterocycles. The van der Waals surface area contributed by atoms with Crippen LogP contribution in [0.3, 0.4) is 0 Å². The lowest BCUT2D eigenvalue weighted by atomic mass is 10.4. The summed E-state index contributed by atoms with van der Waals surface area (Å²) in [5.74, 6) is 0. The van der Waals surface area contributed by atoms with Gasteiger partial charge in [-0.3, -0.25) is 0 Å². The molecule has 5 heavy (non-hydrogen) atoms. The Bertz CT molecular complexity index is 36.9. The molecule has 1 heteroatoms. The SMILES string of the molecule is CC1SC1C. The fraction of sp³-hybridized carbons (Fsp3) is 1.00. The van der Waals surface area contributed by atoms with Gasteiger partial charge in [-0.2, -0.15) is 11.8 Å². The van der Waals surface area contributed by atoms with Gasteiger partial charge < -0.3 is 0 Å². The molecule has 0 nitrogen and oxygen atoms in total. The van der Waals surface area contributed by atoms with Crippen LogP contribution in [0.5, 0.6) is 0 Å². The van der Waals surface area contributed by atoms with Crippen molar-refractivity contribution < 1.29 is 0 Å². The van der Waals surface area contributed by atoms with E-state index in [-0.39, 0.29) is 0 Å². The number of hydrogen-bond acceptors (Lipinski definition) is 1. The summed E-state index contributed by atoms with van der Waals surface area (Å²) in [4.78, 5) is 0. The van der Waals surface area contributed by atoms with E-state index in [0.29, 0.717) is 0 Å². The number of thioether (sulfide) groups is 1. The van der Waals surface area contributed by atoms with Crippen molar-refractivity contribution in [3.8, 4) is 0 Å². The molecule has 0 saturated carbocycles. The fourth-order valence-corrected chi connectivity index (χ4v) is 0.880. The lowest BCUT2D eigenvalue weighted by molar-refractivity contribution is 1.05. The molecule has 0 N–H and O–H groups in total. The molecule has 2 unspecified atom stereocenters. The highest BCUT2D eigenvalue weighted by atomic mass is 32.2. The molecule has 0 aromatic carbocycles. The maximum Gasteiger partial charge on any atom is 0.0138 e. The monoisotopic (exact) mass is 88.0 g/mol. The quantitative estimate of drug-likeness (QED) is 0.404. The van der Waals surface area contributed by atoms with E-state index in [4.69, 9.17) is 0 Å². The van der Waals surface area contributed by atoms with Crippen LogP contribution in [0.1, 0.15) is 13.8 Å². The van der Waals surface area contributed by atoms with Crippen LogP contribution in [0.2, 0.25) is 0 Å². The van der Waals surface area contributed by atoms with Crippen molar-refractivity contribution in [1.29, 1.82) is 0 Å². The van der Waals surface area contributed by atoms with Gasteiger partial charge in [0.05, 0.1) is 0 Å². The average molecular weight is 88.2 g/mol. The molecule has 2 atom stereocenters. The van der Waals surface area contributed by atoms with Gasteiger partial charge in [-0.05, 0) is 0 Å². The Morgan fingerprint density at radius 1 is 1.20 bits per heavy atom. The summed E-state index contributed by atoms with van der Waals surface area (Å²) in [6.45, 7) is 4.52. The Morgan fingerprint density at radius 2 is 1.40 bits per heavy atom. The summed E-state index contributed by atoms with van der Waals surface area (Å²) in [5, 5.41) is 1.94. The van der Waals surface area contributed by atoms with E-state index < -0.39 is 0 Å². The Labute approximate surface area is 37.0 Å². The van der Waals surface area contributed by atoms with Crippen molar-refractivity contribution in [2.75, 3.05) is 0 Å². The van der Waals surface area contributed by atoms with E-state index in [9.17, 15) is 0 Å². The first kappa shape index (κ1) is 3.54. The Hall–Kier alpha value is 0.350. The van der Waals surface area contributed by atoms with Gasteiger partial charge in [0.1, 0.15) is 0 Å². The maximum atomic E-state index is 2.26. The highest BCUT2D eigenvalue weighted by Crippen LogP contribution is 2.39. The van der Waals surface area contributed by atoms with E-state index in [0.717, 1.165) is 10.5 Å². The molecular weight excluding hydrogens is 80.1 g/mol. The van der Waals surface area contributed by atoms with Crippen LogP contribution >= 0.6 is 11.8 Å². The van der Waals surface area contributed by atoms with Gasteiger partial charge in [0.2, 0.25) is 0 Å². The van der Waals surface area contributed by atoms with E-state index >= 15 is 0 Å². The molecule has 0 bridgehead atoms. The summed E-state index contributed by atoms with van der Waals surface area (Å²) >= 11 is 2.05. The molecule has 0 aliphatic carbocycles. The van der Waals surface area contributed by atoms with Gasteiger partial charge in [0, 0.05) is 10.5 Å². The van der Waals surface area contributed by atoms with Gasteiger partial charge in [-0.1, -0.05) is 13.8 Å². The third-order valence-corrected chi connectivity index (χ3v) is 2.37. The lowest BCUT2D eigenvalue weighted by Gasteiger charge is -1.62. The van der Waals surface area contributed by atoms with Crippen LogP contribution in [0, 0.1) is 0 Å². The minimum Gasteiger partial charge on any atom is -0.153 e. The van der Waals surface area contributed by atoms with Crippen LogP contribution in [0.15, 0.2) is 0 Å². The summed E-state index contributed by atoms with van der Waals surface area (Å²) in [6, 6.07) is 0. The number of rotatable bonds is 0. The first-order chi connectivity index (χ1) is 2.30. The third kappa shape index (κ3) is 0.596. The molecular formula is C4H8S. The first-order valence-electron chi connectivity index (χ1n) is 1.96. The highest BCUT2D eigenvalue weighted by Gasteiger charge is 2.27. The van der Waals surface area contributed by atoms with E-state index in [1.165, 1.54) is 0 Å². The molecule has 0 aromatic rings. The minimum absolute atomic E-state index is 0.968. The van der Waals surface area contributed by atoms with E-state index in [2.05, 4.69) is 13.8 Å². The summed E-state index contributed by atoms with van der Waals surface area (Å²) in [6.07, 6.45) is 0. The molecule has 1 aliphatic rings. The highest BCUT2D eigenvalue weighted by molar-refractivity contribution is 8.07. The van der Waals surface area contributed by atoms with Crippen molar-refractivity contribution in [2.45, 2.75) is 24.3 Å². The van der Waals surface area contributed by atoms with Gasteiger partial charge in [-0.25, -0.2) is 0 Å². The minimum atomic E-state index is 0.968. The van der Waals surface area contributed by atoms with Crippen LogP contribution in [-0.4, -0.2) is 10.5 Å². The van der Waals surface area contributed by atoms with Gasteiger partial charge in [-0.15, -0.1) is 0 Å². The largest absolute Gasteiger partial charge is 0.153 e. The zero-order valence-electron chi connectivity index (χ0n) is 3.56. The second-order valence-electron chi connectivity index (χ2n) is 1.55. The smallest absolute Gasteiger partial charge is 0.0138 e. The molecule has 1 fully saturated rings. The maximum absolute atomic E-state index is 2.26. The second kappa shape index (κ2) is 0.904. The van der Waals surface area contributed by atoms with Gasteiger partial charge in [0.15, 0.2) is 0 Å². The molecule has 0 spiro atoms. The van der Waals surface area contributed by atoms with E-state index in [1.54, 1.807) is 0 Å². The summed E-state index contributed by atoms with van der Waals surface area (Å²) in [7, 11) is 0. The molecule has 0 amide bonds. The Morgan fingerprint density at radius 3 is 1.40 bits per heavy atom. The topological polar surface area (TPSA) is 0 Å². The Kier molecular flexibility index (Phi) is 0.639. The van der Waals surface area contributed by atoms with Crippen LogP contribution in [0.4, 0.5) is 0 Å². The standard InChI is InChI=1S/C4H8S/c1-3-4(2)5-3/h3-4H,1-2H3. The Balaban J connectivity index is 2.20. The normalized spacial score (nSPS) is 49.2. The summed E-state index contributed by atoms with van der Waals surface area (Å²) < 4.78 is 0. The number of hydrogen-bond donors (Lipinski definition) is 0. The average Bonchev–Trinajstić information content (AvgIpc) is 1.79. The molecule has 1 rings (SSSR count). The molecule has 0 aromatic heterocycles. The zero-order chi connectivity index (χ0) is 3.86. The molecule has 0 radical (unpaired) electrons. The van der Waals surface area contributed by atoms with Crippen molar-refractivity contribution in [3.05, 3.63) is 0 Å². The molecule has 1 heterocycles. The van der Waals surface area contributed by atoms with Crippen molar-refractivity contribution in [1.82, 2.24) is 0 Å². The predicted molar refractivity (Wildman–Crippen MR) is 26.5 cm³/mol. The van der Waals surface area contributed by atoms with Gasteiger partial charge in [0.25, 0.3) is 0 Å². The van der Waals surface area contributed by atoms with Gasteiger partial charge >= 0.3 is 0 Å². The van der Waals surface area contributed by atoms with Crippen molar-refractivity contribution in [3.63, 3.8) is 0 Å². The van der Waals surface area contributed by atoms with Crippen molar-refractivity contribution >= 4 is 11.8 Å². The van der Waals surface area contributed by atoms with Crippen molar-refractivity contribution in [2.24, 2.45) is 0 Å². The molecule has 30 valence electrons. The van der Waals surface area contributed by atoms with Crippen LogP contribution < -0.4 is 0 Å². The van der Waals surface area contributed by atoms with E-state index in [1.807, 2.05) is 11.8 Å². The van der Waals surface area contributed by atoms with Crippen LogP contribution in [0.25, 0.3) is 0 Å². The lowest BCUT2D eigenvalue weighted by Crippen LogP contribution is -1.74. The zero-order valence-corrected chi connectivity index (χ0v) is 4.38. The molecule has 1 saturated heterocycles. The second-order valence-corrected chi connectivity index (χ2v) is 3.31.